The van der Waals surface area contributed by atoms with Gasteiger partial charge in [-0.25, -0.2) is 11.3 Å². The van der Waals surface area contributed by atoms with Crippen LogP contribution >= 0.6 is 11.8 Å². The molecule has 2 aliphatic carbocycles. The Morgan fingerprint density at radius 3 is 2.35 bits per heavy atom. The SMILES string of the molecule is CCCCSC1([Si](C)(C)C2=[C-]CC=C2)CC=CC=C1C(C)(C)C.[Cl-].[Cl-].[Ti+3]. The molecule has 0 bridgehead atoms. The summed E-state index contributed by atoms with van der Waals surface area (Å²) in [7, 11) is -1.68. The first kappa shape index (κ1) is 29.0. The van der Waals surface area contributed by atoms with E-state index in [-0.39, 0.29) is 56.3 Å². The van der Waals surface area contributed by atoms with Gasteiger partial charge >= 0.3 is 21.7 Å². The summed E-state index contributed by atoms with van der Waals surface area (Å²) in [5, 5.41) is 1.53. The molecule has 0 N–H and O–H groups in total. The molecule has 0 aromatic carbocycles. The minimum atomic E-state index is -1.68. The van der Waals surface area contributed by atoms with Crippen LogP contribution in [0.25, 0.3) is 0 Å². The van der Waals surface area contributed by atoms with E-state index in [4.69, 9.17) is 0 Å². The summed E-state index contributed by atoms with van der Waals surface area (Å²) >= 11 is 2.25. The summed E-state index contributed by atoms with van der Waals surface area (Å²) in [5.41, 5.74) is 1.87. The van der Waals surface area contributed by atoms with E-state index in [9.17, 15) is 0 Å². The van der Waals surface area contributed by atoms with Crippen LogP contribution < -0.4 is 24.8 Å². The maximum absolute atomic E-state index is 3.68. The summed E-state index contributed by atoms with van der Waals surface area (Å²) in [6.45, 7) is 14.6. The van der Waals surface area contributed by atoms with Crippen molar-refractivity contribution in [2.75, 3.05) is 5.75 Å². The second-order valence-corrected chi connectivity index (χ2v) is 14.7. The maximum atomic E-state index is 3.68. The Kier molecular flexibility index (Phi) is 13.1. The number of hydrogen-bond donors (Lipinski definition) is 0. The summed E-state index contributed by atoms with van der Waals surface area (Å²) in [5.74, 6) is 1.27. The number of halogens is 2. The number of thioether (sulfide) groups is 1. The number of rotatable bonds is 6. The minimum absolute atomic E-state index is 0. The molecule has 0 amide bonds. The quantitative estimate of drug-likeness (QED) is 0.317. The van der Waals surface area contributed by atoms with E-state index in [2.05, 4.69) is 89.0 Å². The van der Waals surface area contributed by atoms with Crippen molar-refractivity contribution in [3.05, 3.63) is 47.2 Å². The first-order chi connectivity index (χ1) is 10.8. The van der Waals surface area contributed by atoms with Crippen molar-refractivity contribution >= 4 is 19.8 Å². The number of unbranched alkanes of at least 4 members (excludes halogenated alkanes) is 1. The third-order valence-corrected chi connectivity index (χ3v) is 12.8. The largest absolute Gasteiger partial charge is 3.00 e. The monoisotopic (exact) mass is 463 g/mol. The van der Waals surface area contributed by atoms with Crippen LogP contribution in [-0.2, 0) is 21.7 Å². The third-order valence-electron chi connectivity index (χ3n) is 5.27. The Morgan fingerprint density at radius 2 is 1.85 bits per heavy atom. The fourth-order valence-electron chi connectivity index (χ4n) is 3.85. The van der Waals surface area contributed by atoms with E-state index >= 15 is 0 Å². The van der Waals surface area contributed by atoms with Gasteiger partial charge in [0, 0.05) is 4.37 Å². The normalized spacial score (nSPS) is 21.9. The Labute approximate surface area is 194 Å². The summed E-state index contributed by atoms with van der Waals surface area (Å²) in [4.78, 5) is 0. The Hall–Kier alpha value is 0.821. The van der Waals surface area contributed by atoms with Gasteiger partial charge in [-0.05, 0) is 24.0 Å². The smallest absolute Gasteiger partial charge is 1.00 e. The molecule has 1 radical (unpaired) electrons. The predicted molar refractivity (Wildman–Crippen MR) is 109 cm³/mol. The molecular formula is C21H33Cl2SSiTi. The first-order valence-electron chi connectivity index (χ1n) is 9.05. The van der Waals surface area contributed by atoms with E-state index in [1.807, 2.05) is 0 Å². The minimum Gasteiger partial charge on any atom is -1.00 e. The van der Waals surface area contributed by atoms with Gasteiger partial charge in [-0.2, -0.15) is 17.8 Å². The Balaban J connectivity index is 0. The van der Waals surface area contributed by atoms with Crippen molar-refractivity contribution in [1.29, 1.82) is 0 Å². The molecule has 0 aromatic rings. The van der Waals surface area contributed by atoms with E-state index < -0.39 is 8.07 Å². The van der Waals surface area contributed by atoms with Crippen molar-refractivity contribution in [1.82, 2.24) is 0 Å². The second kappa shape index (κ2) is 11.7. The van der Waals surface area contributed by atoms with Gasteiger partial charge in [0.05, 0.1) is 8.07 Å². The number of allylic oxidation sites excluding steroid dienone is 7. The third kappa shape index (κ3) is 5.91. The molecule has 0 spiro atoms. The Morgan fingerprint density at radius 1 is 1.19 bits per heavy atom. The second-order valence-electron chi connectivity index (χ2n) is 8.31. The van der Waals surface area contributed by atoms with E-state index in [1.165, 1.54) is 30.2 Å². The Bertz CT molecular complexity index is 559. The standard InChI is InChI=1S/C21H33SSi.2ClH.Ti/c1-7-8-17-22-21(23(5,6)18-13-9-10-14-18)16-12-11-15-19(21)20(2,3)4;;;/h9,11-13,15H,7-8,10,16-17H2,1-6H3;2*1H;/q-1;;;+3/p-2. The zero-order valence-corrected chi connectivity index (χ0v) is 22.0. The molecule has 26 heavy (non-hydrogen) atoms. The average molecular weight is 464 g/mol. The molecular weight excluding hydrogens is 431 g/mol. The molecule has 1 unspecified atom stereocenters. The molecule has 0 saturated carbocycles. The van der Waals surface area contributed by atoms with Crippen molar-refractivity contribution in [3.63, 3.8) is 0 Å². The predicted octanol–water partition coefficient (Wildman–Crippen LogP) is 0.673. The molecule has 2 rings (SSSR count). The molecule has 5 heteroatoms. The van der Waals surface area contributed by atoms with Gasteiger partial charge in [0.2, 0.25) is 0 Å². The van der Waals surface area contributed by atoms with Gasteiger partial charge in [0.25, 0.3) is 0 Å². The topological polar surface area (TPSA) is 0 Å². The van der Waals surface area contributed by atoms with Crippen molar-refractivity contribution in [2.24, 2.45) is 5.41 Å². The van der Waals surface area contributed by atoms with Crippen LogP contribution in [0, 0.1) is 11.5 Å². The van der Waals surface area contributed by atoms with Crippen LogP contribution in [0.2, 0.25) is 13.1 Å². The molecule has 2 aliphatic rings. The van der Waals surface area contributed by atoms with E-state index in [1.54, 1.807) is 5.57 Å². The van der Waals surface area contributed by atoms with Gasteiger partial charge in [-0.1, -0.05) is 71.0 Å². The average Bonchev–Trinajstić information content (AvgIpc) is 3.01. The van der Waals surface area contributed by atoms with Crippen LogP contribution in [0.3, 0.4) is 0 Å². The first-order valence-corrected chi connectivity index (χ1v) is 13.0. The van der Waals surface area contributed by atoms with Gasteiger partial charge in [-0.3, -0.25) is 6.08 Å². The molecule has 0 fully saturated rings. The van der Waals surface area contributed by atoms with Crippen molar-refractivity contribution in [2.45, 2.75) is 70.8 Å². The molecule has 0 nitrogen and oxygen atoms in total. The molecule has 0 aliphatic heterocycles. The fourth-order valence-corrected chi connectivity index (χ4v) is 10.7. The molecule has 0 aromatic heterocycles. The zero-order chi connectivity index (χ0) is 17.1. The van der Waals surface area contributed by atoms with Gasteiger partial charge in [0.15, 0.2) is 0 Å². The van der Waals surface area contributed by atoms with Gasteiger partial charge in [0.1, 0.15) is 0 Å². The van der Waals surface area contributed by atoms with Crippen LogP contribution in [0.5, 0.6) is 0 Å². The van der Waals surface area contributed by atoms with Crippen molar-refractivity contribution in [3.8, 4) is 0 Å². The van der Waals surface area contributed by atoms with Crippen LogP contribution in [0.15, 0.2) is 41.1 Å². The molecule has 145 valence electrons. The summed E-state index contributed by atoms with van der Waals surface area (Å²) in [6.07, 6.45) is 20.2. The maximum Gasteiger partial charge on any atom is 3.00 e. The fraction of sp³-hybridized carbons (Fsp3) is 0.619. The van der Waals surface area contributed by atoms with Crippen molar-refractivity contribution < 1.29 is 46.5 Å². The zero-order valence-electron chi connectivity index (χ0n) is 17.1. The van der Waals surface area contributed by atoms with Crippen LogP contribution in [0.1, 0.15) is 53.4 Å². The van der Waals surface area contributed by atoms with E-state index in [0.717, 1.165) is 6.42 Å². The number of hydrogen-bond acceptors (Lipinski definition) is 1. The molecule has 0 saturated heterocycles. The summed E-state index contributed by atoms with van der Waals surface area (Å²) in [6, 6.07) is 0. The van der Waals surface area contributed by atoms with E-state index in [0.29, 0.717) is 0 Å². The molecule has 0 heterocycles. The van der Waals surface area contributed by atoms with Crippen LogP contribution in [-0.4, -0.2) is 18.2 Å². The van der Waals surface area contributed by atoms with Gasteiger partial charge < -0.3 is 24.8 Å². The summed E-state index contributed by atoms with van der Waals surface area (Å²) < 4.78 is 0.270. The molecule has 1 atom stereocenters. The van der Waals surface area contributed by atoms with Crippen LogP contribution in [0.4, 0.5) is 0 Å². The van der Waals surface area contributed by atoms with Gasteiger partial charge in [-0.15, -0.1) is 6.42 Å².